The standard InChI is InChI=1S/C14H23NO2S/c1-11(16)18-10-12-8-14(17)15(9-12)13-6-4-2-3-5-7-13/h12-13H,2-10H2,1H3. The predicted molar refractivity (Wildman–Crippen MR) is 74.4 cm³/mol. The van der Waals surface area contributed by atoms with E-state index in [0.717, 1.165) is 12.3 Å². The van der Waals surface area contributed by atoms with Crippen LogP contribution in [-0.2, 0) is 9.59 Å². The molecule has 0 N–H and O–H groups in total. The van der Waals surface area contributed by atoms with Crippen molar-refractivity contribution >= 4 is 22.8 Å². The van der Waals surface area contributed by atoms with Crippen LogP contribution in [0.15, 0.2) is 0 Å². The quantitative estimate of drug-likeness (QED) is 0.739. The van der Waals surface area contributed by atoms with Crippen molar-refractivity contribution in [3.05, 3.63) is 0 Å². The van der Waals surface area contributed by atoms with E-state index in [0.29, 0.717) is 24.3 Å². The lowest BCUT2D eigenvalue weighted by molar-refractivity contribution is -0.129. The van der Waals surface area contributed by atoms with Gasteiger partial charge in [-0.2, -0.15) is 0 Å². The van der Waals surface area contributed by atoms with Crippen LogP contribution in [0.2, 0.25) is 0 Å². The van der Waals surface area contributed by atoms with Crippen LogP contribution in [-0.4, -0.2) is 34.3 Å². The second-order valence-electron chi connectivity index (χ2n) is 5.56. The van der Waals surface area contributed by atoms with E-state index >= 15 is 0 Å². The molecule has 1 unspecified atom stereocenters. The van der Waals surface area contributed by atoms with Crippen LogP contribution >= 0.6 is 11.8 Å². The lowest BCUT2D eigenvalue weighted by atomic mass is 10.1. The summed E-state index contributed by atoms with van der Waals surface area (Å²) in [5, 5.41) is 0.162. The van der Waals surface area contributed by atoms with Gasteiger partial charge in [0.15, 0.2) is 5.12 Å². The van der Waals surface area contributed by atoms with E-state index in [1.807, 2.05) is 0 Å². The molecule has 2 fully saturated rings. The summed E-state index contributed by atoms with van der Waals surface area (Å²) in [4.78, 5) is 25.2. The Labute approximate surface area is 114 Å². The maximum atomic E-state index is 12.1. The molecule has 102 valence electrons. The number of nitrogens with zero attached hydrogens (tertiary/aromatic N) is 1. The van der Waals surface area contributed by atoms with Gasteiger partial charge in [0, 0.05) is 31.7 Å². The molecule has 0 radical (unpaired) electrons. The van der Waals surface area contributed by atoms with Crippen molar-refractivity contribution in [3.63, 3.8) is 0 Å². The average Bonchev–Trinajstić information content (AvgIpc) is 2.55. The lowest BCUT2D eigenvalue weighted by Crippen LogP contribution is -2.36. The molecule has 0 bridgehead atoms. The lowest BCUT2D eigenvalue weighted by Gasteiger charge is -2.27. The maximum absolute atomic E-state index is 12.1. The first-order chi connectivity index (χ1) is 8.66. The van der Waals surface area contributed by atoms with Gasteiger partial charge >= 0.3 is 0 Å². The number of likely N-dealkylation sites (tertiary alicyclic amines) is 1. The Morgan fingerprint density at radius 1 is 1.28 bits per heavy atom. The van der Waals surface area contributed by atoms with Gasteiger partial charge < -0.3 is 4.90 Å². The Morgan fingerprint density at radius 2 is 1.94 bits per heavy atom. The topological polar surface area (TPSA) is 37.4 Å². The van der Waals surface area contributed by atoms with Gasteiger partial charge in [-0.3, -0.25) is 9.59 Å². The van der Waals surface area contributed by atoms with Crippen LogP contribution in [0.25, 0.3) is 0 Å². The van der Waals surface area contributed by atoms with E-state index in [2.05, 4.69) is 4.90 Å². The van der Waals surface area contributed by atoms with Gasteiger partial charge in [0.05, 0.1) is 0 Å². The van der Waals surface area contributed by atoms with Crippen molar-refractivity contribution in [2.24, 2.45) is 5.92 Å². The third kappa shape index (κ3) is 3.74. The minimum Gasteiger partial charge on any atom is -0.339 e. The van der Waals surface area contributed by atoms with Gasteiger partial charge in [-0.05, 0) is 18.8 Å². The van der Waals surface area contributed by atoms with Crippen molar-refractivity contribution < 1.29 is 9.59 Å². The molecule has 2 aliphatic rings. The second-order valence-corrected chi connectivity index (χ2v) is 6.76. The molecule has 1 saturated carbocycles. The molecule has 2 rings (SSSR count). The highest BCUT2D eigenvalue weighted by Gasteiger charge is 2.34. The summed E-state index contributed by atoms with van der Waals surface area (Å²) in [6.07, 6.45) is 8.18. The van der Waals surface area contributed by atoms with Crippen LogP contribution in [0.3, 0.4) is 0 Å². The first-order valence-corrected chi connectivity index (χ1v) is 8.08. The molecule has 0 spiro atoms. The first kappa shape index (κ1) is 13.9. The van der Waals surface area contributed by atoms with Gasteiger partial charge in [0.2, 0.25) is 5.91 Å². The summed E-state index contributed by atoms with van der Waals surface area (Å²) in [5.74, 6) is 1.51. The molecule has 1 aliphatic heterocycles. The Bertz CT molecular complexity index is 311. The van der Waals surface area contributed by atoms with Gasteiger partial charge in [-0.1, -0.05) is 37.4 Å². The molecular weight excluding hydrogens is 246 g/mol. The molecule has 1 amide bonds. The molecule has 0 aromatic heterocycles. The summed E-state index contributed by atoms with van der Waals surface area (Å²) in [6.45, 7) is 2.48. The Kier molecular flexibility index (Phi) is 5.10. The molecule has 0 aromatic carbocycles. The van der Waals surface area contributed by atoms with Gasteiger partial charge in [-0.15, -0.1) is 0 Å². The Balaban J connectivity index is 1.85. The monoisotopic (exact) mass is 269 g/mol. The fourth-order valence-electron chi connectivity index (χ4n) is 3.08. The average molecular weight is 269 g/mol. The smallest absolute Gasteiger partial charge is 0.223 e. The van der Waals surface area contributed by atoms with Crippen LogP contribution in [0.1, 0.15) is 51.9 Å². The highest BCUT2D eigenvalue weighted by atomic mass is 32.2. The van der Waals surface area contributed by atoms with Gasteiger partial charge in [-0.25, -0.2) is 0 Å². The summed E-state index contributed by atoms with van der Waals surface area (Å²) in [5.41, 5.74) is 0. The number of thioether (sulfide) groups is 1. The number of hydrogen-bond donors (Lipinski definition) is 0. The molecule has 1 saturated heterocycles. The van der Waals surface area contributed by atoms with E-state index in [9.17, 15) is 9.59 Å². The molecule has 1 heterocycles. The van der Waals surface area contributed by atoms with Crippen molar-refractivity contribution in [1.29, 1.82) is 0 Å². The van der Waals surface area contributed by atoms with E-state index in [-0.39, 0.29) is 5.12 Å². The van der Waals surface area contributed by atoms with E-state index in [1.54, 1.807) is 6.92 Å². The van der Waals surface area contributed by atoms with E-state index in [1.165, 1.54) is 50.3 Å². The summed E-state index contributed by atoms with van der Waals surface area (Å²) in [6, 6.07) is 0.479. The fraction of sp³-hybridized carbons (Fsp3) is 0.857. The van der Waals surface area contributed by atoms with Crippen molar-refractivity contribution in [1.82, 2.24) is 4.90 Å². The minimum absolute atomic E-state index is 0.162. The van der Waals surface area contributed by atoms with Gasteiger partial charge in [0.1, 0.15) is 0 Å². The number of amides is 1. The summed E-state index contributed by atoms with van der Waals surface area (Å²) in [7, 11) is 0. The molecular formula is C14H23NO2S. The summed E-state index contributed by atoms with van der Waals surface area (Å²) < 4.78 is 0. The zero-order valence-electron chi connectivity index (χ0n) is 11.2. The molecule has 4 heteroatoms. The van der Waals surface area contributed by atoms with Crippen LogP contribution < -0.4 is 0 Å². The van der Waals surface area contributed by atoms with Crippen molar-refractivity contribution in [2.45, 2.75) is 57.9 Å². The number of carbonyl (C=O) groups is 2. The molecule has 1 aliphatic carbocycles. The largest absolute Gasteiger partial charge is 0.339 e. The molecule has 3 nitrogen and oxygen atoms in total. The second kappa shape index (κ2) is 6.60. The first-order valence-electron chi connectivity index (χ1n) is 7.09. The van der Waals surface area contributed by atoms with Crippen molar-refractivity contribution in [3.8, 4) is 0 Å². The van der Waals surface area contributed by atoms with Crippen molar-refractivity contribution in [2.75, 3.05) is 12.3 Å². The fourth-order valence-corrected chi connectivity index (χ4v) is 3.77. The highest BCUT2D eigenvalue weighted by Crippen LogP contribution is 2.29. The summed E-state index contributed by atoms with van der Waals surface area (Å²) >= 11 is 1.37. The van der Waals surface area contributed by atoms with Crippen LogP contribution in [0, 0.1) is 5.92 Å². The normalized spacial score (nSPS) is 26.4. The Hall–Kier alpha value is -0.510. The van der Waals surface area contributed by atoms with Crippen LogP contribution in [0.4, 0.5) is 0 Å². The SMILES string of the molecule is CC(=O)SCC1CC(=O)N(C2CCCCCC2)C1. The number of hydrogen-bond acceptors (Lipinski definition) is 3. The Morgan fingerprint density at radius 3 is 2.56 bits per heavy atom. The third-order valence-electron chi connectivity index (χ3n) is 4.03. The van der Waals surface area contributed by atoms with Gasteiger partial charge in [0.25, 0.3) is 0 Å². The molecule has 0 aromatic rings. The van der Waals surface area contributed by atoms with E-state index < -0.39 is 0 Å². The highest BCUT2D eigenvalue weighted by molar-refractivity contribution is 8.13. The molecule has 1 atom stereocenters. The third-order valence-corrected chi connectivity index (χ3v) is 5.07. The maximum Gasteiger partial charge on any atom is 0.223 e. The van der Waals surface area contributed by atoms with Crippen LogP contribution in [0.5, 0.6) is 0 Å². The number of rotatable bonds is 3. The zero-order valence-corrected chi connectivity index (χ0v) is 12.0. The van der Waals surface area contributed by atoms with E-state index in [4.69, 9.17) is 0 Å². The predicted octanol–water partition coefficient (Wildman–Crippen LogP) is 2.84. The number of carbonyl (C=O) groups excluding carboxylic acids is 2. The zero-order chi connectivity index (χ0) is 13.0. The molecule has 18 heavy (non-hydrogen) atoms. The minimum atomic E-state index is 0.162.